The van der Waals surface area contributed by atoms with Gasteiger partial charge in [-0.2, -0.15) is 0 Å². The van der Waals surface area contributed by atoms with Crippen molar-refractivity contribution in [1.29, 1.82) is 0 Å². The molecule has 0 fully saturated rings. The van der Waals surface area contributed by atoms with Crippen LogP contribution in [0.25, 0.3) is 55.3 Å². The van der Waals surface area contributed by atoms with Gasteiger partial charge in [0.1, 0.15) is 11.2 Å². The third-order valence-electron chi connectivity index (χ3n) is 12.5. The molecular weight excluding hydrogens is 667 g/mol. The van der Waals surface area contributed by atoms with Gasteiger partial charge >= 0.3 is 0 Å². The zero-order valence-corrected chi connectivity index (χ0v) is 31.2. The van der Waals surface area contributed by atoms with E-state index in [4.69, 9.17) is 4.42 Å². The fourth-order valence-electron chi connectivity index (χ4n) is 9.79. The summed E-state index contributed by atoms with van der Waals surface area (Å²) in [6.45, 7) is 7.11. The molecule has 0 amide bonds. The lowest BCUT2D eigenvalue weighted by Gasteiger charge is -2.32. The minimum Gasteiger partial charge on any atom is -0.456 e. The third-order valence-corrected chi connectivity index (χ3v) is 12.5. The van der Waals surface area contributed by atoms with Crippen LogP contribution in [0.2, 0.25) is 0 Å². The summed E-state index contributed by atoms with van der Waals surface area (Å²) in [6.07, 6.45) is 0. The monoisotopic (exact) mass is 705 g/mol. The first kappa shape index (κ1) is 31.8. The van der Waals surface area contributed by atoms with Crippen molar-refractivity contribution in [2.75, 3.05) is 4.90 Å². The third kappa shape index (κ3) is 4.55. The molecule has 0 atom stereocenters. The van der Waals surface area contributed by atoms with Gasteiger partial charge in [0.2, 0.25) is 0 Å². The molecule has 0 N–H and O–H groups in total. The summed E-state index contributed by atoms with van der Waals surface area (Å²) in [5, 5.41) is 2.23. The van der Waals surface area contributed by atoms with E-state index in [2.05, 4.69) is 208 Å². The molecule has 0 saturated carbocycles. The Hall–Kier alpha value is -6.64. The van der Waals surface area contributed by atoms with Crippen LogP contribution in [0.4, 0.5) is 17.1 Å². The van der Waals surface area contributed by atoms with E-state index >= 15 is 0 Å². The van der Waals surface area contributed by atoms with Gasteiger partial charge in [-0.1, -0.05) is 153 Å². The maximum absolute atomic E-state index is 6.92. The summed E-state index contributed by atoms with van der Waals surface area (Å²) in [7, 11) is 0. The van der Waals surface area contributed by atoms with Gasteiger partial charge in [-0.3, -0.25) is 0 Å². The fourth-order valence-corrected chi connectivity index (χ4v) is 9.79. The first-order valence-electron chi connectivity index (χ1n) is 19.3. The Bertz CT molecular complexity index is 2940. The highest BCUT2D eigenvalue weighted by Gasteiger charge is 2.43. The maximum Gasteiger partial charge on any atom is 0.140 e. The van der Waals surface area contributed by atoms with Gasteiger partial charge in [-0.15, -0.1) is 0 Å². The second kappa shape index (κ2) is 11.7. The highest BCUT2D eigenvalue weighted by Crippen LogP contribution is 2.56. The fraction of sp³-hybridized carbons (Fsp3) is 0.0943. The molecule has 9 aromatic rings. The molecule has 0 aliphatic heterocycles. The number of nitrogens with zero attached hydrogens (tertiary/aromatic N) is 1. The highest BCUT2D eigenvalue weighted by molar-refractivity contribution is 6.09. The molecular formula is C53H39NO. The summed E-state index contributed by atoms with van der Waals surface area (Å²) in [4.78, 5) is 2.46. The molecule has 1 heterocycles. The van der Waals surface area contributed by atoms with Crippen molar-refractivity contribution in [2.24, 2.45) is 0 Å². The second-order valence-electron chi connectivity index (χ2n) is 15.8. The lowest BCUT2D eigenvalue weighted by molar-refractivity contribution is 0.638. The molecule has 8 aromatic carbocycles. The minimum atomic E-state index is -0.464. The molecule has 0 radical (unpaired) electrons. The molecule has 0 bridgehead atoms. The molecule has 2 nitrogen and oxygen atoms in total. The van der Waals surface area contributed by atoms with Gasteiger partial charge in [0.05, 0.1) is 0 Å². The van der Waals surface area contributed by atoms with Crippen LogP contribution >= 0.6 is 0 Å². The van der Waals surface area contributed by atoms with Crippen LogP contribution in [-0.4, -0.2) is 0 Å². The molecule has 2 aliphatic carbocycles. The van der Waals surface area contributed by atoms with E-state index in [9.17, 15) is 0 Å². The molecule has 2 heteroatoms. The topological polar surface area (TPSA) is 16.4 Å². The normalized spacial score (nSPS) is 14.4. The molecule has 1 aromatic heterocycles. The Labute approximate surface area is 322 Å². The molecule has 55 heavy (non-hydrogen) atoms. The smallest absolute Gasteiger partial charge is 0.140 e. The number of anilines is 3. The summed E-state index contributed by atoms with van der Waals surface area (Å²) < 4.78 is 6.92. The number of hydrogen-bond acceptors (Lipinski definition) is 2. The summed E-state index contributed by atoms with van der Waals surface area (Å²) in [6, 6.07) is 66.7. The minimum absolute atomic E-state index is 0.139. The van der Waals surface area contributed by atoms with Crippen LogP contribution in [0.1, 0.15) is 48.6 Å². The molecule has 0 saturated heterocycles. The van der Waals surface area contributed by atoms with Crippen LogP contribution < -0.4 is 4.90 Å². The number of fused-ring (bicyclic) bond motifs is 9. The highest BCUT2D eigenvalue weighted by atomic mass is 16.3. The van der Waals surface area contributed by atoms with E-state index in [0.717, 1.165) is 44.6 Å². The Kier molecular flexibility index (Phi) is 6.76. The van der Waals surface area contributed by atoms with Crippen molar-refractivity contribution >= 4 is 39.0 Å². The average molecular weight is 706 g/mol. The summed E-state index contributed by atoms with van der Waals surface area (Å²) >= 11 is 0. The molecule has 11 rings (SSSR count). The predicted octanol–water partition coefficient (Wildman–Crippen LogP) is 14.4. The number of hydrogen-bond donors (Lipinski definition) is 0. The SMILES string of the molecule is CC1(C)c2ccccc2-c2ccc(N(c3cccc(-c4ccccc4)c3)c3cc(C4(C)c5ccccc5-c5ccccc54)c4oc5ccccc5c4c3)cc21. The number of furan rings is 1. The van der Waals surface area contributed by atoms with Crippen LogP contribution in [0.15, 0.2) is 186 Å². The van der Waals surface area contributed by atoms with Crippen molar-refractivity contribution in [3.8, 4) is 33.4 Å². The Morgan fingerprint density at radius 3 is 1.69 bits per heavy atom. The average Bonchev–Trinajstić information content (AvgIpc) is 3.82. The van der Waals surface area contributed by atoms with Crippen molar-refractivity contribution in [3.63, 3.8) is 0 Å². The van der Waals surface area contributed by atoms with Crippen LogP contribution in [0.3, 0.4) is 0 Å². The lowest BCUT2D eigenvalue weighted by Crippen LogP contribution is -2.23. The number of benzene rings is 8. The van der Waals surface area contributed by atoms with Crippen molar-refractivity contribution in [2.45, 2.75) is 31.6 Å². The predicted molar refractivity (Wildman–Crippen MR) is 229 cm³/mol. The quantitative estimate of drug-likeness (QED) is 0.177. The Morgan fingerprint density at radius 1 is 0.382 bits per heavy atom. The molecule has 2 aliphatic rings. The van der Waals surface area contributed by atoms with E-state index in [1.54, 1.807) is 0 Å². The summed E-state index contributed by atoms with van der Waals surface area (Å²) in [5.74, 6) is 0. The van der Waals surface area contributed by atoms with E-state index in [1.165, 1.54) is 55.6 Å². The van der Waals surface area contributed by atoms with Gasteiger partial charge in [0.15, 0.2) is 0 Å². The summed E-state index contributed by atoms with van der Waals surface area (Å²) in [5.41, 5.74) is 18.6. The van der Waals surface area contributed by atoms with E-state index in [-0.39, 0.29) is 5.41 Å². The second-order valence-corrected chi connectivity index (χ2v) is 15.8. The first-order chi connectivity index (χ1) is 26.9. The van der Waals surface area contributed by atoms with E-state index in [0.29, 0.717) is 0 Å². The van der Waals surface area contributed by atoms with Crippen LogP contribution in [0.5, 0.6) is 0 Å². The van der Waals surface area contributed by atoms with Crippen molar-refractivity contribution < 1.29 is 4.42 Å². The number of para-hydroxylation sites is 1. The van der Waals surface area contributed by atoms with E-state index < -0.39 is 5.41 Å². The molecule has 0 unspecified atom stereocenters. The van der Waals surface area contributed by atoms with Gasteiger partial charge in [-0.25, -0.2) is 0 Å². The first-order valence-corrected chi connectivity index (χ1v) is 19.3. The maximum atomic E-state index is 6.92. The standard InChI is InChI=1S/C53H39NO/c1-52(2)45-24-11-7-20-39(45)42-29-28-37(32-48(42)52)54(36-19-15-18-35(30-36)34-16-5-4-6-17-34)38-31-44-43-23-10-14-27-50(43)55-51(44)49(33-38)53(3)46-25-12-8-21-40(46)41-22-9-13-26-47(41)53/h4-33H,1-3H3. The van der Waals surface area contributed by atoms with E-state index in [1.807, 2.05) is 0 Å². The lowest BCUT2D eigenvalue weighted by atomic mass is 9.73. The van der Waals surface area contributed by atoms with Crippen molar-refractivity contribution in [1.82, 2.24) is 0 Å². The molecule has 0 spiro atoms. The van der Waals surface area contributed by atoms with Crippen LogP contribution in [-0.2, 0) is 10.8 Å². The van der Waals surface area contributed by atoms with Crippen LogP contribution in [0, 0.1) is 0 Å². The van der Waals surface area contributed by atoms with Gasteiger partial charge < -0.3 is 9.32 Å². The zero-order chi connectivity index (χ0) is 36.9. The molecule has 262 valence electrons. The van der Waals surface area contributed by atoms with Gasteiger partial charge in [0.25, 0.3) is 0 Å². The Balaban J connectivity index is 1.22. The largest absolute Gasteiger partial charge is 0.456 e. The number of rotatable bonds is 5. The van der Waals surface area contributed by atoms with Gasteiger partial charge in [-0.05, 0) is 105 Å². The van der Waals surface area contributed by atoms with Gasteiger partial charge in [0, 0.05) is 44.2 Å². The zero-order valence-electron chi connectivity index (χ0n) is 31.2. The Morgan fingerprint density at radius 2 is 0.945 bits per heavy atom. The van der Waals surface area contributed by atoms with Crippen molar-refractivity contribution in [3.05, 3.63) is 210 Å².